The summed E-state index contributed by atoms with van der Waals surface area (Å²) in [5, 5.41) is 0. The Morgan fingerprint density at radius 1 is 0.941 bits per heavy atom. The highest BCUT2D eigenvalue weighted by Crippen LogP contribution is 2.14. The molecule has 0 aliphatic heterocycles. The van der Waals surface area contributed by atoms with Gasteiger partial charge in [-0.15, -0.1) is 0 Å². The van der Waals surface area contributed by atoms with Gasteiger partial charge in [-0.2, -0.15) is 0 Å². The van der Waals surface area contributed by atoms with Crippen LogP contribution in [0.25, 0.3) is 0 Å². The number of unbranched alkanes of at least 4 members (excludes halogenated alkanes) is 2. The zero-order chi connectivity index (χ0) is 12.3. The summed E-state index contributed by atoms with van der Waals surface area (Å²) in [5.41, 5.74) is 1.28. The molecule has 0 aromatic heterocycles. The molecule has 0 amide bonds. The molecule has 0 aliphatic carbocycles. The first kappa shape index (κ1) is 14.2. The van der Waals surface area contributed by atoms with Crippen molar-refractivity contribution in [1.82, 2.24) is 0 Å². The van der Waals surface area contributed by atoms with Crippen LogP contribution in [0.1, 0.15) is 57.9 Å². The second-order valence-electron chi connectivity index (χ2n) is 4.70. The number of rotatable bonds is 9. The SMILES string of the molecule is CCCCC(CCCC)OCc1ccccc1. The van der Waals surface area contributed by atoms with Crippen LogP contribution < -0.4 is 0 Å². The van der Waals surface area contributed by atoms with Gasteiger partial charge in [0.15, 0.2) is 0 Å². The Morgan fingerprint density at radius 2 is 1.53 bits per heavy atom. The molecule has 0 saturated heterocycles. The molecule has 0 heterocycles. The maximum absolute atomic E-state index is 6.03. The number of ether oxygens (including phenoxy) is 1. The van der Waals surface area contributed by atoms with Crippen LogP contribution in [0, 0.1) is 0 Å². The van der Waals surface area contributed by atoms with E-state index in [4.69, 9.17) is 4.74 Å². The maximum atomic E-state index is 6.03. The van der Waals surface area contributed by atoms with Gasteiger partial charge in [0.05, 0.1) is 12.7 Å². The van der Waals surface area contributed by atoms with Crippen molar-refractivity contribution < 1.29 is 4.74 Å². The molecule has 1 aromatic carbocycles. The lowest BCUT2D eigenvalue weighted by molar-refractivity contribution is 0.0267. The summed E-state index contributed by atoms with van der Waals surface area (Å²) in [4.78, 5) is 0. The molecule has 0 N–H and O–H groups in total. The van der Waals surface area contributed by atoms with Crippen LogP contribution in [0.15, 0.2) is 30.3 Å². The molecule has 0 bridgehead atoms. The van der Waals surface area contributed by atoms with E-state index < -0.39 is 0 Å². The van der Waals surface area contributed by atoms with Crippen molar-refractivity contribution >= 4 is 0 Å². The molecular weight excluding hydrogens is 208 g/mol. The Labute approximate surface area is 106 Å². The normalized spacial score (nSPS) is 11.0. The predicted octanol–water partition coefficient (Wildman–Crippen LogP) is 4.95. The Kier molecular flexibility index (Phi) is 7.74. The molecule has 0 unspecified atom stereocenters. The van der Waals surface area contributed by atoms with Crippen molar-refractivity contribution in [2.75, 3.05) is 0 Å². The molecule has 1 aromatic rings. The smallest absolute Gasteiger partial charge is 0.0720 e. The molecular formula is C16H26O. The molecule has 0 fully saturated rings. The predicted molar refractivity (Wildman–Crippen MR) is 74.1 cm³/mol. The maximum Gasteiger partial charge on any atom is 0.0720 e. The van der Waals surface area contributed by atoms with Gasteiger partial charge in [-0.25, -0.2) is 0 Å². The van der Waals surface area contributed by atoms with Gasteiger partial charge in [0, 0.05) is 0 Å². The van der Waals surface area contributed by atoms with E-state index in [1.54, 1.807) is 0 Å². The van der Waals surface area contributed by atoms with Gasteiger partial charge in [-0.1, -0.05) is 69.9 Å². The largest absolute Gasteiger partial charge is 0.374 e. The highest BCUT2D eigenvalue weighted by molar-refractivity contribution is 5.13. The molecule has 1 nitrogen and oxygen atoms in total. The fourth-order valence-corrected chi connectivity index (χ4v) is 1.96. The lowest BCUT2D eigenvalue weighted by Gasteiger charge is -2.17. The highest BCUT2D eigenvalue weighted by atomic mass is 16.5. The van der Waals surface area contributed by atoms with E-state index >= 15 is 0 Å². The van der Waals surface area contributed by atoms with Gasteiger partial charge < -0.3 is 4.74 Å². The quantitative estimate of drug-likeness (QED) is 0.587. The summed E-state index contributed by atoms with van der Waals surface area (Å²) >= 11 is 0. The molecule has 96 valence electrons. The van der Waals surface area contributed by atoms with Crippen molar-refractivity contribution in [1.29, 1.82) is 0 Å². The van der Waals surface area contributed by atoms with Crippen LogP contribution >= 0.6 is 0 Å². The van der Waals surface area contributed by atoms with E-state index in [1.807, 2.05) is 0 Å². The molecule has 17 heavy (non-hydrogen) atoms. The number of hydrogen-bond acceptors (Lipinski definition) is 1. The Morgan fingerprint density at radius 3 is 2.06 bits per heavy atom. The fourth-order valence-electron chi connectivity index (χ4n) is 1.96. The average molecular weight is 234 g/mol. The summed E-state index contributed by atoms with van der Waals surface area (Å²) in [5.74, 6) is 0. The van der Waals surface area contributed by atoms with E-state index in [9.17, 15) is 0 Å². The van der Waals surface area contributed by atoms with Gasteiger partial charge in [-0.05, 0) is 18.4 Å². The fraction of sp³-hybridized carbons (Fsp3) is 0.625. The van der Waals surface area contributed by atoms with Crippen LogP contribution in [-0.2, 0) is 11.3 Å². The van der Waals surface area contributed by atoms with Crippen molar-refractivity contribution in [2.45, 2.75) is 65.1 Å². The van der Waals surface area contributed by atoms with Crippen LogP contribution in [0.2, 0.25) is 0 Å². The summed E-state index contributed by atoms with van der Waals surface area (Å²) in [6.07, 6.45) is 7.96. The highest BCUT2D eigenvalue weighted by Gasteiger charge is 2.08. The van der Waals surface area contributed by atoms with E-state index in [2.05, 4.69) is 44.2 Å². The Balaban J connectivity index is 2.31. The standard InChI is InChI=1S/C16H26O/c1-3-5-12-16(13-6-4-2)17-14-15-10-8-7-9-11-15/h7-11,16H,3-6,12-14H2,1-2H3. The van der Waals surface area contributed by atoms with Gasteiger partial charge >= 0.3 is 0 Å². The first-order chi connectivity index (χ1) is 8.36. The van der Waals surface area contributed by atoms with Crippen molar-refractivity contribution in [3.8, 4) is 0 Å². The minimum absolute atomic E-state index is 0.454. The summed E-state index contributed by atoms with van der Waals surface area (Å²) in [6.45, 7) is 5.25. The average Bonchev–Trinajstić information content (AvgIpc) is 2.39. The van der Waals surface area contributed by atoms with Crippen LogP contribution in [-0.4, -0.2) is 6.10 Å². The first-order valence-electron chi connectivity index (χ1n) is 7.02. The third kappa shape index (κ3) is 6.48. The van der Waals surface area contributed by atoms with Gasteiger partial charge in [-0.3, -0.25) is 0 Å². The zero-order valence-electron chi connectivity index (χ0n) is 11.3. The van der Waals surface area contributed by atoms with Crippen LogP contribution in [0.3, 0.4) is 0 Å². The van der Waals surface area contributed by atoms with Gasteiger partial charge in [0.2, 0.25) is 0 Å². The third-order valence-corrected chi connectivity index (χ3v) is 3.09. The summed E-state index contributed by atoms with van der Waals surface area (Å²) < 4.78 is 6.03. The monoisotopic (exact) mass is 234 g/mol. The van der Waals surface area contributed by atoms with Crippen molar-refractivity contribution in [3.05, 3.63) is 35.9 Å². The van der Waals surface area contributed by atoms with Crippen LogP contribution in [0.5, 0.6) is 0 Å². The number of hydrogen-bond donors (Lipinski definition) is 0. The van der Waals surface area contributed by atoms with Gasteiger partial charge in [0.1, 0.15) is 0 Å². The van der Waals surface area contributed by atoms with E-state index in [-0.39, 0.29) is 0 Å². The van der Waals surface area contributed by atoms with Gasteiger partial charge in [0.25, 0.3) is 0 Å². The molecule has 0 spiro atoms. The first-order valence-corrected chi connectivity index (χ1v) is 7.02. The van der Waals surface area contributed by atoms with E-state index in [1.165, 1.54) is 44.1 Å². The lowest BCUT2D eigenvalue weighted by Crippen LogP contribution is -2.12. The topological polar surface area (TPSA) is 9.23 Å². The van der Waals surface area contributed by atoms with E-state index in [0.29, 0.717) is 6.10 Å². The minimum atomic E-state index is 0.454. The van der Waals surface area contributed by atoms with E-state index in [0.717, 1.165) is 6.61 Å². The third-order valence-electron chi connectivity index (χ3n) is 3.09. The number of benzene rings is 1. The molecule has 0 aliphatic rings. The molecule has 0 atom stereocenters. The Hall–Kier alpha value is -0.820. The lowest BCUT2D eigenvalue weighted by atomic mass is 10.1. The zero-order valence-corrected chi connectivity index (χ0v) is 11.3. The minimum Gasteiger partial charge on any atom is -0.374 e. The summed E-state index contributed by atoms with van der Waals surface area (Å²) in [6, 6.07) is 10.5. The second-order valence-corrected chi connectivity index (χ2v) is 4.70. The van der Waals surface area contributed by atoms with Crippen LogP contribution in [0.4, 0.5) is 0 Å². The molecule has 0 radical (unpaired) electrons. The second kappa shape index (κ2) is 9.23. The molecule has 1 heteroatoms. The molecule has 0 saturated carbocycles. The van der Waals surface area contributed by atoms with Crippen molar-refractivity contribution in [3.63, 3.8) is 0 Å². The van der Waals surface area contributed by atoms with Crippen molar-refractivity contribution in [2.24, 2.45) is 0 Å². The summed E-state index contributed by atoms with van der Waals surface area (Å²) in [7, 11) is 0. The molecule has 1 rings (SSSR count). The Bertz CT molecular complexity index is 260.